The topological polar surface area (TPSA) is 29.5 Å². The Morgan fingerprint density at radius 1 is 0.800 bits per heavy atom. The van der Waals surface area contributed by atoms with Crippen LogP contribution in [0.4, 0.5) is 0 Å². The van der Waals surface area contributed by atoms with E-state index < -0.39 is 5.60 Å². The van der Waals surface area contributed by atoms with Gasteiger partial charge < -0.3 is 9.84 Å². The summed E-state index contributed by atoms with van der Waals surface area (Å²) in [6.45, 7) is 2.17. The van der Waals surface area contributed by atoms with Gasteiger partial charge in [-0.15, -0.1) is 0 Å². The highest BCUT2D eigenvalue weighted by molar-refractivity contribution is 5.52. The third-order valence-electron chi connectivity index (χ3n) is 4.60. The van der Waals surface area contributed by atoms with Crippen molar-refractivity contribution >= 4 is 0 Å². The maximum atomic E-state index is 11.9. The zero-order valence-electron chi connectivity index (χ0n) is 14.8. The van der Waals surface area contributed by atoms with Crippen molar-refractivity contribution in [2.24, 2.45) is 0 Å². The molecule has 2 heteroatoms. The molecule has 0 fully saturated rings. The summed E-state index contributed by atoms with van der Waals surface area (Å²) in [6.07, 6.45) is 2.15. The van der Waals surface area contributed by atoms with Crippen LogP contribution in [-0.4, -0.2) is 12.2 Å². The molecular formula is C23H24O2. The lowest BCUT2D eigenvalue weighted by atomic mass is 9.79. The fraction of sp³-hybridized carbons (Fsp3) is 0.217. The van der Waals surface area contributed by atoms with Gasteiger partial charge in [-0.3, -0.25) is 0 Å². The molecule has 0 amide bonds. The SMILES string of the molecule is CCCc1ccc(C(O)(c2ccccc2)c2ccccc2OC)cc1. The summed E-state index contributed by atoms with van der Waals surface area (Å²) in [5, 5.41) is 11.9. The second-order valence-corrected chi connectivity index (χ2v) is 6.22. The van der Waals surface area contributed by atoms with E-state index in [1.165, 1.54) is 5.56 Å². The Morgan fingerprint density at radius 2 is 1.40 bits per heavy atom. The molecule has 128 valence electrons. The monoisotopic (exact) mass is 332 g/mol. The standard InChI is InChI=1S/C23H24O2/c1-3-9-18-14-16-20(17-15-18)23(24,19-10-5-4-6-11-19)21-12-7-8-13-22(21)25-2/h4-8,10-17,24H,3,9H2,1-2H3. The van der Waals surface area contributed by atoms with Gasteiger partial charge in [-0.05, 0) is 29.2 Å². The van der Waals surface area contributed by atoms with E-state index >= 15 is 0 Å². The molecule has 3 aromatic rings. The molecule has 1 N–H and O–H groups in total. The van der Waals surface area contributed by atoms with Crippen LogP contribution in [-0.2, 0) is 12.0 Å². The summed E-state index contributed by atoms with van der Waals surface area (Å²) in [6, 6.07) is 25.6. The first-order chi connectivity index (χ1) is 12.2. The number of benzene rings is 3. The Bertz CT molecular complexity index is 809. The van der Waals surface area contributed by atoms with E-state index in [-0.39, 0.29) is 0 Å². The first-order valence-corrected chi connectivity index (χ1v) is 8.71. The van der Waals surface area contributed by atoms with E-state index in [1.807, 2.05) is 66.7 Å². The average Bonchev–Trinajstić information content (AvgIpc) is 2.69. The Morgan fingerprint density at radius 3 is 2.04 bits per heavy atom. The minimum atomic E-state index is -1.27. The highest BCUT2D eigenvalue weighted by atomic mass is 16.5. The van der Waals surface area contributed by atoms with Gasteiger partial charge in [0.2, 0.25) is 0 Å². The fourth-order valence-electron chi connectivity index (χ4n) is 3.30. The van der Waals surface area contributed by atoms with Crippen LogP contribution >= 0.6 is 0 Å². The van der Waals surface area contributed by atoms with E-state index in [0.29, 0.717) is 5.75 Å². The van der Waals surface area contributed by atoms with Crippen LogP contribution in [0.25, 0.3) is 0 Å². The van der Waals surface area contributed by atoms with Gasteiger partial charge in [0.05, 0.1) is 7.11 Å². The molecule has 1 atom stereocenters. The van der Waals surface area contributed by atoms with Crippen LogP contribution in [0.15, 0.2) is 78.9 Å². The number of aliphatic hydroxyl groups is 1. The van der Waals surface area contributed by atoms with E-state index in [9.17, 15) is 5.11 Å². The summed E-state index contributed by atoms with van der Waals surface area (Å²) < 4.78 is 5.54. The third-order valence-corrected chi connectivity index (χ3v) is 4.60. The maximum Gasteiger partial charge on any atom is 0.144 e. The van der Waals surface area contributed by atoms with Crippen molar-refractivity contribution in [3.63, 3.8) is 0 Å². The van der Waals surface area contributed by atoms with Crippen molar-refractivity contribution in [3.8, 4) is 5.75 Å². The highest BCUT2D eigenvalue weighted by Crippen LogP contribution is 2.41. The zero-order chi connectivity index (χ0) is 17.7. The van der Waals surface area contributed by atoms with E-state index in [4.69, 9.17) is 4.74 Å². The maximum absolute atomic E-state index is 11.9. The number of hydrogen-bond acceptors (Lipinski definition) is 2. The van der Waals surface area contributed by atoms with Gasteiger partial charge in [-0.1, -0.05) is 86.1 Å². The van der Waals surface area contributed by atoms with Gasteiger partial charge in [0.15, 0.2) is 0 Å². The number of para-hydroxylation sites is 1. The highest BCUT2D eigenvalue weighted by Gasteiger charge is 2.36. The van der Waals surface area contributed by atoms with Crippen LogP contribution in [0.2, 0.25) is 0 Å². The molecule has 0 saturated carbocycles. The fourth-order valence-corrected chi connectivity index (χ4v) is 3.30. The van der Waals surface area contributed by atoms with Crippen molar-refractivity contribution in [1.82, 2.24) is 0 Å². The lowest BCUT2D eigenvalue weighted by molar-refractivity contribution is 0.122. The molecule has 0 aliphatic heterocycles. The average molecular weight is 332 g/mol. The molecule has 0 radical (unpaired) electrons. The molecular weight excluding hydrogens is 308 g/mol. The van der Waals surface area contributed by atoms with Gasteiger partial charge in [0.25, 0.3) is 0 Å². The molecule has 3 rings (SSSR count). The minimum Gasteiger partial charge on any atom is -0.496 e. The van der Waals surface area contributed by atoms with Gasteiger partial charge in [-0.25, -0.2) is 0 Å². The van der Waals surface area contributed by atoms with E-state index in [2.05, 4.69) is 19.1 Å². The van der Waals surface area contributed by atoms with Gasteiger partial charge >= 0.3 is 0 Å². The lowest BCUT2D eigenvalue weighted by Gasteiger charge is -2.31. The molecule has 25 heavy (non-hydrogen) atoms. The molecule has 0 aromatic heterocycles. The molecule has 0 heterocycles. The Hall–Kier alpha value is -2.58. The van der Waals surface area contributed by atoms with Crippen LogP contribution in [0.3, 0.4) is 0 Å². The third kappa shape index (κ3) is 3.31. The molecule has 0 spiro atoms. The summed E-state index contributed by atoms with van der Waals surface area (Å²) >= 11 is 0. The van der Waals surface area contributed by atoms with Gasteiger partial charge in [0.1, 0.15) is 11.4 Å². The predicted octanol–water partition coefficient (Wildman–Crippen LogP) is 4.93. The summed E-state index contributed by atoms with van der Waals surface area (Å²) in [7, 11) is 1.63. The zero-order valence-corrected chi connectivity index (χ0v) is 14.8. The van der Waals surface area contributed by atoms with Crippen LogP contribution in [0.1, 0.15) is 35.6 Å². The van der Waals surface area contributed by atoms with Crippen molar-refractivity contribution in [3.05, 3.63) is 101 Å². The van der Waals surface area contributed by atoms with E-state index in [0.717, 1.165) is 29.5 Å². The van der Waals surface area contributed by atoms with Crippen molar-refractivity contribution in [2.45, 2.75) is 25.4 Å². The summed E-state index contributed by atoms with van der Waals surface area (Å²) in [4.78, 5) is 0. The first-order valence-electron chi connectivity index (χ1n) is 8.71. The smallest absolute Gasteiger partial charge is 0.144 e. The Kier molecular flexibility index (Phi) is 5.20. The normalized spacial score (nSPS) is 13.2. The predicted molar refractivity (Wildman–Crippen MR) is 102 cm³/mol. The second kappa shape index (κ2) is 7.54. The number of methoxy groups -OCH3 is 1. The van der Waals surface area contributed by atoms with Crippen molar-refractivity contribution < 1.29 is 9.84 Å². The van der Waals surface area contributed by atoms with Gasteiger partial charge in [0, 0.05) is 5.56 Å². The number of aryl methyl sites for hydroxylation is 1. The molecule has 0 aliphatic rings. The summed E-state index contributed by atoms with van der Waals surface area (Å²) in [5.41, 5.74) is 2.41. The lowest BCUT2D eigenvalue weighted by Crippen LogP contribution is -2.29. The molecule has 3 aromatic carbocycles. The van der Waals surface area contributed by atoms with Crippen molar-refractivity contribution in [2.75, 3.05) is 7.11 Å². The molecule has 2 nitrogen and oxygen atoms in total. The quantitative estimate of drug-likeness (QED) is 0.648. The van der Waals surface area contributed by atoms with Crippen LogP contribution < -0.4 is 4.74 Å². The number of ether oxygens (including phenoxy) is 1. The molecule has 0 aliphatic carbocycles. The number of hydrogen-bond donors (Lipinski definition) is 1. The minimum absolute atomic E-state index is 0.673. The second-order valence-electron chi connectivity index (χ2n) is 6.22. The molecule has 1 unspecified atom stereocenters. The molecule has 0 saturated heterocycles. The van der Waals surface area contributed by atoms with Crippen molar-refractivity contribution in [1.29, 1.82) is 0 Å². The largest absolute Gasteiger partial charge is 0.496 e. The Labute approximate surface area is 149 Å². The Balaban J connectivity index is 2.19. The summed E-state index contributed by atoms with van der Waals surface area (Å²) in [5.74, 6) is 0.673. The number of rotatable bonds is 6. The molecule has 0 bridgehead atoms. The first kappa shape index (κ1) is 17.2. The van der Waals surface area contributed by atoms with Gasteiger partial charge in [-0.2, -0.15) is 0 Å². The van der Waals surface area contributed by atoms with Crippen LogP contribution in [0.5, 0.6) is 5.75 Å². The van der Waals surface area contributed by atoms with E-state index in [1.54, 1.807) is 7.11 Å². The van der Waals surface area contributed by atoms with Crippen LogP contribution in [0, 0.1) is 0 Å².